The van der Waals surface area contributed by atoms with Crippen molar-refractivity contribution in [3.63, 3.8) is 0 Å². The molecule has 0 saturated carbocycles. The third-order valence-electron chi connectivity index (χ3n) is 5.97. The number of nitrogens with zero attached hydrogens (tertiary/aromatic N) is 5. The first-order valence-electron chi connectivity index (χ1n) is 12.1. The van der Waals surface area contributed by atoms with Crippen molar-refractivity contribution in [2.45, 2.75) is 13.3 Å². The average Bonchev–Trinajstić information content (AvgIpc) is 3.50. The highest BCUT2D eigenvalue weighted by Crippen LogP contribution is 2.27. The van der Waals surface area contributed by atoms with E-state index in [9.17, 15) is 4.79 Å². The third kappa shape index (κ3) is 4.81. The molecule has 38 heavy (non-hydrogen) atoms. The molecule has 4 heterocycles. The molecule has 8 heteroatoms. The zero-order chi connectivity index (χ0) is 26.5. The summed E-state index contributed by atoms with van der Waals surface area (Å²) in [6, 6.07) is 24.6. The van der Waals surface area contributed by atoms with Gasteiger partial charge in [0.2, 0.25) is 0 Å². The second kappa shape index (κ2) is 10.7. The van der Waals surface area contributed by atoms with Crippen LogP contribution in [0.15, 0.2) is 97.6 Å². The lowest BCUT2D eigenvalue weighted by Gasteiger charge is -2.10. The fraction of sp³-hybridized carbons (Fsp3) is 0.0667. The number of nitrogens with two attached hydrogens (primary N) is 2. The van der Waals surface area contributed by atoms with E-state index in [-0.39, 0.29) is 11.4 Å². The first kappa shape index (κ1) is 24.3. The minimum Gasteiger partial charge on any atom is -0.381 e. The summed E-state index contributed by atoms with van der Waals surface area (Å²) in [5, 5.41) is 5.09. The van der Waals surface area contributed by atoms with Gasteiger partial charge in [-0.2, -0.15) is 0 Å². The Morgan fingerprint density at radius 3 is 2.47 bits per heavy atom. The molecule has 0 bridgehead atoms. The lowest BCUT2D eigenvalue weighted by Crippen LogP contribution is -2.12. The molecule has 0 atom stereocenters. The molecule has 0 radical (unpaired) electrons. The van der Waals surface area contributed by atoms with Crippen LogP contribution in [0.2, 0.25) is 0 Å². The number of aryl methyl sites for hydroxylation is 1. The Labute approximate surface area is 219 Å². The number of aromatic nitrogens is 5. The number of benzene rings is 2. The number of para-hydroxylation sites is 2. The largest absolute Gasteiger partial charge is 0.381 e. The van der Waals surface area contributed by atoms with E-state index < -0.39 is 5.91 Å². The maximum absolute atomic E-state index is 10.9. The van der Waals surface area contributed by atoms with Gasteiger partial charge in [0.15, 0.2) is 11.5 Å². The minimum absolute atomic E-state index is 0.103. The normalized spacial score (nSPS) is 10.4. The van der Waals surface area contributed by atoms with Gasteiger partial charge in [-0.1, -0.05) is 49.1 Å². The molecule has 8 nitrogen and oxygen atoms in total. The number of amides is 1. The van der Waals surface area contributed by atoms with Crippen molar-refractivity contribution in [3.8, 4) is 17.5 Å². The van der Waals surface area contributed by atoms with Crippen LogP contribution in [0, 0.1) is 11.8 Å². The summed E-state index contributed by atoms with van der Waals surface area (Å²) in [5.41, 5.74) is 16.8. The minimum atomic E-state index is -0.619. The Morgan fingerprint density at radius 1 is 0.947 bits per heavy atom. The summed E-state index contributed by atoms with van der Waals surface area (Å²) < 4.78 is 3.74. The van der Waals surface area contributed by atoms with Gasteiger partial charge in [-0.15, -0.1) is 5.10 Å². The van der Waals surface area contributed by atoms with Crippen LogP contribution in [0.5, 0.6) is 0 Å². The second-order valence-electron chi connectivity index (χ2n) is 8.40. The SMILES string of the molecule is CCc1cc2cccc(C#Cc3ccncc3)c2n1-c1ccccc1.NC(=O)c1c(N)nn2cccnc12. The smallest absolute Gasteiger partial charge is 0.256 e. The van der Waals surface area contributed by atoms with Crippen molar-refractivity contribution in [2.75, 3.05) is 5.73 Å². The Morgan fingerprint density at radius 2 is 1.74 bits per heavy atom. The predicted octanol–water partition coefficient (Wildman–Crippen LogP) is 4.40. The predicted molar refractivity (Wildman–Crippen MR) is 149 cm³/mol. The Bertz CT molecular complexity index is 1790. The first-order chi connectivity index (χ1) is 18.6. The highest BCUT2D eigenvalue weighted by molar-refractivity contribution is 6.03. The van der Waals surface area contributed by atoms with Crippen molar-refractivity contribution < 1.29 is 4.79 Å². The number of pyridine rings is 1. The van der Waals surface area contributed by atoms with E-state index in [0.29, 0.717) is 5.65 Å². The summed E-state index contributed by atoms with van der Waals surface area (Å²) in [4.78, 5) is 18.9. The molecule has 0 saturated heterocycles. The molecule has 0 aliphatic heterocycles. The highest BCUT2D eigenvalue weighted by atomic mass is 16.1. The molecule has 0 fully saturated rings. The van der Waals surface area contributed by atoms with E-state index in [0.717, 1.165) is 17.5 Å². The third-order valence-corrected chi connectivity index (χ3v) is 5.97. The lowest BCUT2D eigenvalue weighted by molar-refractivity contribution is 0.100. The van der Waals surface area contributed by atoms with E-state index >= 15 is 0 Å². The van der Waals surface area contributed by atoms with Gasteiger partial charge in [-0.25, -0.2) is 9.50 Å². The molecule has 0 spiro atoms. The maximum atomic E-state index is 10.9. The summed E-state index contributed by atoms with van der Waals surface area (Å²) in [6.45, 7) is 2.19. The molecular formula is C30H25N7O. The van der Waals surface area contributed by atoms with E-state index in [1.54, 1.807) is 30.9 Å². The van der Waals surface area contributed by atoms with E-state index in [4.69, 9.17) is 11.5 Å². The number of hydrogen-bond acceptors (Lipinski definition) is 5. The summed E-state index contributed by atoms with van der Waals surface area (Å²) >= 11 is 0. The molecular weight excluding hydrogens is 474 g/mol. The number of carbonyl (C=O) groups is 1. The van der Waals surface area contributed by atoms with Crippen LogP contribution in [0.4, 0.5) is 5.82 Å². The monoisotopic (exact) mass is 499 g/mol. The van der Waals surface area contributed by atoms with Gasteiger partial charge < -0.3 is 16.0 Å². The van der Waals surface area contributed by atoms with Crippen LogP contribution >= 0.6 is 0 Å². The van der Waals surface area contributed by atoms with Crippen LogP contribution in [0.3, 0.4) is 0 Å². The summed E-state index contributed by atoms with van der Waals surface area (Å²) in [5.74, 6) is 6.09. The quantitative estimate of drug-likeness (QED) is 0.350. The fourth-order valence-electron chi connectivity index (χ4n) is 4.26. The number of anilines is 1. The van der Waals surface area contributed by atoms with Crippen LogP contribution in [0.1, 0.15) is 34.1 Å². The Hall–Kier alpha value is -5.42. The summed E-state index contributed by atoms with van der Waals surface area (Å²) in [7, 11) is 0. The van der Waals surface area contributed by atoms with Gasteiger partial charge in [-0.3, -0.25) is 9.78 Å². The number of carbonyl (C=O) groups excluding carboxylic acids is 1. The van der Waals surface area contributed by atoms with Gasteiger partial charge >= 0.3 is 0 Å². The van der Waals surface area contributed by atoms with Crippen molar-refractivity contribution >= 4 is 28.3 Å². The van der Waals surface area contributed by atoms with Gasteiger partial charge in [0.1, 0.15) is 5.56 Å². The first-order valence-corrected chi connectivity index (χ1v) is 12.1. The van der Waals surface area contributed by atoms with Crippen molar-refractivity contribution in [1.82, 2.24) is 24.1 Å². The fourth-order valence-corrected chi connectivity index (χ4v) is 4.26. The van der Waals surface area contributed by atoms with E-state index in [1.165, 1.54) is 26.8 Å². The molecule has 2 aromatic carbocycles. The number of fused-ring (bicyclic) bond motifs is 2. The van der Waals surface area contributed by atoms with Crippen LogP contribution in [-0.4, -0.2) is 30.1 Å². The highest BCUT2D eigenvalue weighted by Gasteiger charge is 2.15. The van der Waals surface area contributed by atoms with Crippen molar-refractivity contribution in [3.05, 3.63) is 120 Å². The van der Waals surface area contributed by atoms with Gasteiger partial charge in [0.05, 0.1) is 5.52 Å². The second-order valence-corrected chi connectivity index (χ2v) is 8.40. The van der Waals surface area contributed by atoms with Crippen LogP contribution < -0.4 is 11.5 Å². The molecule has 4 N–H and O–H groups in total. The zero-order valence-corrected chi connectivity index (χ0v) is 20.7. The van der Waals surface area contributed by atoms with Crippen molar-refractivity contribution in [2.24, 2.45) is 5.73 Å². The summed E-state index contributed by atoms with van der Waals surface area (Å²) in [6.07, 6.45) is 7.70. The molecule has 0 aliphatic rings. The molecule has 4 aromatic heterocycles. The van der Waals surface area contributed by atoms with Gasteiger partial charge in [0, 0.05) is 52.7 Å². The number of nitrogen functional groups attached to an aromatic ring is 1. The van der Waals surface area contributed by atoms with E-state index in [2.05, 4.69) is 86.9 Å². The van der Waals surface area contributed by atoms with Crippen LogP contribution in [-0.2, 0) is 6.42 Å². The Balaban J connectivity index is 0.000000190. The van der Waals surface area contributed by atoms with Gasteiger partial charge in [0.25, 0.3) is 5.91 Å². The van der Waals surface area contributed by atoms with Gasteiger partial charge in [-0.05, 0) is 48.9 Å². The van der Waals surface area contributed by atoms with E-state index in [1.807, 2.05) is 18.2 Å². The molecule has 1 amide bonds. The average molecular weight is 500 g/mol. The van der Waals surface area contributed by atoms with Crippen LogP contribution in [0.25, 0.3) is 22.2 Å². The van der Waals surface area contributed by atoms with Crippen molar-refractivity contribution in [1.29, 1.82) is 0 Å². The molecule has 0 unspecified atom stereocenters. The number of hydrogen-bond donors (Lipinski definition) is 2. The topological polar surface area (TPSA) is 117 Å². The maximum Gasteiger partial charge on any atom is 0.256 e. The number of rotatable bonds is 3. The zero-order valence-electron chi connectivity index (χ0n) is 20.7. The number of primary amides is 1. The Kier molecular flexibility index (Phi) is 6.83. The lowest BCUT2D eigenvalue weighted by atomic mass is 10.1. The molecule has 186 valence electrons. The molecule has 6 rings (SSSR count). The molecule has 0 aliphatic carbocycles. The standard InChI is InChI=1S/C23H18N2.C7H7N5O/c1-2-21-17-20-8-6-7-19(12-11-18-13-15-24-16-14-18)23(20)25(21)22-9-4-3-5-10-22;8-5-4(6(9)13)7-10-2-1-3-12(7)11-5/h3-10,13-17H,2H2,1H3;1-3H,(H2,8,11)(H2,9,13). The molecule has 6 aromatic rings.